The van der Waals surface area contributed by atoms with Gasteiger partial charge in [0, 0.05) is 25.2 Å². The van der Waals surface area contributed by atoms with E-state index in [0.717, 1.165) is 24.9 Å². The third-order valence-corrected chi connectivity index (χ3v) is 2.46. The molecule has 0 unspecified atom stereocenters. The number of anilines is 1. The van der Waals surface area contributed by atoms with Crippen LogP contribution in [-0.4, -0.2) is 30.7 Å². The van der Waals surface area contributed by atoms with E-state index in [1.165, 1.54) is 12.8 Å². The second-order valence-corrected chi connectivity index (χ2v) is 3.95. The van der Waals surface area contributed by atoms with E-state index in [2.05, 4.69) is 15.6 Å². The van der Waals surface area contributed by atoms with Gasteiger partial charge in [-0.3, -0.25) is 0 Å². The van der Waals surface area contributed by atoms with Gasteiger partial charge < -0.3 is 15.4 Å². The van der Waals surface area contributed by atoms with E-state index in [0.29, 0.717) is 12.5 Å². The van der Waals surface area contributed by atoms with Crippen molar-refractivity contribution in [2.75, 3.05) is 25.0 Å². The van der Waals surface area contributed by atoms with Crippen molar-refractivity contribution in [2.24, 2.45) is 0 Å². The smallest absolute Gasteiger partial charge is 0.215 e. The first-order valence-electron chi connectivity index (χ1n) is 5.95. The van der Waals surface area contributed by atoms with Crippen LogP contribution in [0.4, 0.5) is 5.82 Å². The van der Waals surface area contributed by atoms with Crippen LogP contribution in [0.25, 0.3) is 0 Å². The van der Waals surface area contributed by atoms with Crippen molar-refractivity contribution in [2.45, 2.75) is 25.8 Å². The van der Waals surface area contributed by atoms with E-state index in [-0.39, 0.29) is 0 Å². The Hall–Kier alpha value is -1.29. The lowest BCUT2D eigenvalue weighted by Crippen LogP contribution is -2.24. The first kappa shape index (κ1) is 11.2. The average molecular weight is 221 g/mol. The third-order valence-electron chi connectivity index (χ3n) is 2.46. The Morgan fingerprint density at radius 1 is 1.38 bits per heavy atom. The molecule has 0 atom stereocenters. The summed E-state index contributed by atoms with van der Waals surface area (Å²) < 4.78 is 5.33. The zero-order valence-electron chi connectivity index (χ0n) is 9.70. The highest BCUT2D eigenvalue weighted by Crippen LogP contribution is 2.18. The second-order valence-electron chi connectivity index (χ2n) is 3.95. The molecule has 1 aromatic heterocycles. The maximum absolute atomic E-state index is 5.33. The summed E-state index contributed by atoms with van der Waals surface area (Å²) in [6, 6.07) is 6.55. The molecule has 0 aliphatic heterocycles. The van der Waals surface area contributed by atoms with Gasteiger partial charge in [-0.05, 0) is 25.8 Å². The van der Waals surface area contributed by atoms with Crippen molar-refractivity contribution >= 4 is 5.82 Å². The van der Waals surface area contributed by atoms with Gasteiger partial charge in [-0.2, -0.15) is 4.98 Å². The minimum absolute atomic E-state index is 0.652. The Labute approximate surface area is 96.4 Å². The molecule has 0 radical (unpaired) electrons. The highest BCUT2D eigenvalue weighted by Gasteiger charge is 2.19. The highest BCUT2D eigenvalue weighted by atomic mass is 16.5. The maximum atomic E-state index is 5.33. The molecule has 1 aromatic rings. The summed E-state index contributed by atoms with van der Waals surface area (Å²) >= 11 is 0. The Balaban J connectivity index is 1.71. The fraction of sp³-hybridized carbons (Fsp3) is 0.583. The average Bonchev–Trinajstić information content (AvgIpc) is 3.09. The zero-order chi connectivity index (χ0) is 11.2. The highest BCUT2D eigenvalue weighted by molar-refractivity contribution is 5.36. The number of pyridine rings is 1. The van der Waals surface area contributed by atoms with Crippen LogP contribution < -0.4 is 15.4 Å². The zero-order valence-corrected chi connectivity index (χ0v) is 9.70. The maximum Gasteiger partial charge on any atom is 0.215 e. The van der Waals surface area contributed by atoms with Gasteiger partial charge in [-0.15, -0.1) is 0 Å². The van der Waals surface area contributed by atoms with Gasteiger partial charge in [0.15, 0.2) is 0 Å². The summed E-state index contributed by atoms with van der Waals surface area (Å²) in [5.41, 5.74) is 0. The van der Waals surface area contributed by atoms with Crippen molar-refractivity contribution in [1.29, 1.82) is 0 Å². The summed E-state index contributed by atoms with van der Waals surface area (Å²) in [6.07, 6.45) is 2.66. The summed E-state index contributed by atoms with van der Waals surface area (Å²) in [5.74, 6) is 1.56. The minimum Gasteiger partial charge on any atom is -0.478 e. The Morgan fingerprint density at radius 3 is 3.00 bits per heavy atom. The molecule has 4 heteroatoms. The van der Waals surface area contributed by atoms with Gasteiger partial charge in [0.25, 0.3) is 0 Å². The van der Waals surface area contributed by atoms with Gasteiger partial charge in [0.1, 0.15) is 5.82 Å². The van der Waals surface area contributed by atoms with Crippen LogP contribution in [0.2, 0.25) is 0 Å². The molecule has 2 N–H and O–H groups in total. The fourth-order valence-corrected chi connectivity index (χ4v) is 1.50. The van der Waals surface area contributed by atoms with Crippen LogP contribution in [0.5, 0.6) is 5.88 Å². The molecule has 0 bridgehead atoms. The van der Waals surface area contributed by atoms with Crippen LogP contribution in [0.1, 0.15) is 19.8 Å². The van der Waals surface area contributed by atoms with Crippen LogP contribution >= 0.6 is 0 Å². The van der Waals surface area contributed by atoms with E-state index in [1.54, 1.807) is 0 Å². The molecular formula is C12H19N3O. The van der Waals surface area contributed by atoms with Gasteiger partial charge in [-0.1, -0.05) is 6.07 Å². The number of nitrogens with zero attached hydrogens (tertiary/aromatic N) is 1. The molecule has 1 aliphatic rings. The van der Waals surface area contributed by atoms with Crippen molar-refractivity contribution in [1.82, 2.24) is 10.3 Å². The number of rotatable bonds is 7. The molecule has 0 spiro atoms. The lowest BCUT2D eigenvalue weighted by atomic mass is 10.4. The number of hydrogen-bond acceptors (Lipinski definition) is 4. The molecule has 0 saturated heterocycles. The molecule has 16 heavy (non-hydrogen) atoms. The van der Waals surface area contributed by atoms with Crippen LogP contribution in [-0.2, 0) is 0 Å². The summed E-state index contributed by atoms with van der Waals surface area (Å²) in [4.78, 5) is 4.33. The normalized spacial score (nSPS) is 14.8. The minimum atomic E-state index is 0.652. The van der Waals surface area contributed by atoms with Gasteiger partial charge in [0.05, 0.1) is 6.61 Å². The topological polar surface area (TPSA) is 46.2 Å². The molecule has 0 amide bonds. The van der Waals surface area contributed by atoms with Crippen molar-refractivity contribution < 1.29 is 4.74 Å². The molecule has 0 aromatic carbocycles. The number of hydrogen-bond donors (Lipinski definition) is 2. The quantitative estimate of drug-likeness (QED) is 0.687. The molecule has 4 nitrogen and oxygen atoms in total. The lowest BCUT2D eigenvalue weighted by Gasteiger charge is -2.08. The van der Waals surface area contributed by atoms with Crippen LogP contribution in [0.3, 0.4) is 0 Å². The van der Waals surface area contributed by atoms with E-state index < -0.39 is 0 Å². The second kappa shape index (κ2) is 5.70. The van der Waals surface area contributed by atoms with E-state index in [1.807, 2.05) is 25.1 Å². The standard InChI is InChI=1S/C12H19N3O/c1-2-16-12-5-3-4-11(15-12)14-9-8-13-10-6-7-10/h3-5,10,13H,2,6-9H2,1H3,(H,14,15). The Bertz CT molecular complexity index is 326. The van der Waals surface area contributed by atoms with Crippen LogP contribution in [0.15, 0.2) is 18.2 Å². The SMILES string of the molecule is CCOc1cccc(NCCNC2CC2)n1. The lowest BCUT2D eigenvalue weighted by molar-refractivity contribution is 0.327. The van der Waals surface area contributed by atoms with Gasteiger partial charge in [-0.25, -0.2) is 0 Å². The molecule has 1 aliphatic carbocycles. The van der Waals surface area contributed by atoms with Crippen molar-refractivity contribution in [3.05, 3.63) is 18.2 Å². The molecule has 1 fully saturated rings. The van der Waals surface area contributed by atoms with E-state index in [4.69, 9.17) is 4.74 Å². The van der Waals surface area contributed by atoms with Crippen molar-refractivity contribution in [3.63, 3.8) is 0 Å². The van der Waals surface area contributed by atoms with Crippen molar-refractivity contribution in [3.8, 4) is 5.88 Å². The number of ether oxygens (including phenoxy) is 1. The first-order chi connectivity index (χ1) is 7.88. The molecule has 88 valence electrons. The number of nitrogens with one attached hydrogen (secondary N) is 2. The molecule has 2 rings (SSSR count). The van der Waals surface area contributed by atoms with E-state index in [9.17, 15) is 0 Å². The predicted octanol–water partition coefficient (Wildman–Crippen LogP) is 1.64. The predicted molar refractivity (Wildman–Crippen MR) is 64.9 cm³/mol. The Morgan fingerprint density at radius 2 is 2.25 bits per heavy atom. The third kappa shape index (κ3) is 3.70. The molecule has 1 heterocycles. The monoisotopic (exact) mass is 221 g/mol. The Kier molecular flexibility index (Phi) is 3.99. The van der Waals surface area contributed by atoms with Crippen LogP contribution in [0, 0.1) is 0 Å². The molecular weight excluding hydrogens is 202 g/mol. The first-order valence-corrected chi connectivity index (χ1v) is 5.95. The van der Waals surface area contributed by atoms with E-state index >= 15 is 0 Å². The summed E-state index contributed by atoms with van der Waals surface area (Å²) in [7, 11) is 0. The van der Waals surface area contributed by atoms with Gasteiger partial charge >= 0.3 is 0 Å². The summed E-state index contributed by atoms with van der Waals surface area (Å²) in [5, 5.41) is 6.72. The molecule has 1 saturated carbocycles. The van der Waals surface area contributed by atoms with Gasteiger partial charge in [0.2, 0.25) is 5.88 Å². The summed E-state index contributed by atoms with van der Waals surface area (Å²) in [6.45, 7) is 4.51. The number of aromatic nitrogens is 1. The largest absolute Gasteiger partial charge is 0.478 e. The fourth-order valence-electron chi connectivity index (χ4n) is 1.50.